The van der Waals surface area contributed by atoms with Crippen molar-refractivity contribution in [3.8, 4) is 0 Å². The Hall–Kier alpha value is -1.51. The lowest BCUT2D eigenvalue weighted by Crippen LogP contribution is -2.51. The SMILES string of the molecule is CC1NN(Cc2ccccc2)C(C)C1NC(=O)C1CC(C2CCCO2)ON1. The molecule has 0 bridgehead atoms. The number of benzene rings is 1. The largest absolute Gasteiger partial charge is 0.375 e. The van der Waals surface area contributed by atoms with Crippen LogP contribution in [-0.2, 0) is 20.9 Å². The van der Waals surface area contributed by atoms with Crippen LogP contribution in [0.3, 0.4) is 0 Å². The molecule has 0 radical (unpaired) electrons. The topological polar surface area (TPSA) is 74.9 Å². The van der Waals surface area contributed by atoms with Gasteiger partial charge in [0, 0.05) is 31.7 Å². The van der Waals surface area contributed by atoms with E-state index >= 15 is 0 Å². The minimum Gasteiger partial charge on any atom is -0.375 e. The summed E-state index contributed by atoms with van der Waals surface area (Å²) < 4.78 is 5.69. The summed E-state index contributed by atoms with van der Waals surface area (Å²) in [6.45, 7) is 5.87. The summed E-state index contributed by atoms with van der Waals surface area (Å²) in [6.07, 6.45) is 2.82. The van der Waals surface area contributed by atoms with Gasteiger partial charge in [0.1, 0.15) is 12.1 Å². The molecule has 6 unspecified atom stereocenters. The van der Waals surface area contributed by atoms with Gasteiger partial charge in [-0.25, -0.2) is 10.4 Å². The van der Waals surface area contributed by atoms with Crippen LogP contribution in [0, 0.1) is 0 Å². The summed E-state index contributed by atoms with van der Waals surface area (Å²) in [5.41, 5.74) is 7.66. The molecule has 148 valence electrons. The number of nitrogens with one attached hydrogen (secondary N) is 3. The van der Waals surface area contributed by atoms with E-state index in [4.69, 9.17) is 9.57 Å². The van der Waals surface area contributed by atoms with E-state index in [1.807, 2.05) is 6.07 Å². The molecule has 1 aromatic carbocycles. The first-order chi connectivity index (χ1) is 13.1. The maximum absolute atomic E-state index is 12.8. The van der Waals surface area contributed by atoms with Crippen molar-refractivity contribution in [2.75, 3.05) is 6.61 Å². The van der Waals surface area contributed by atoms with E-state index in [9.17, 15) is 4.79 Å². The van der Waals surface area contributed by atoms with E-state index < -0.39 is 0 Å². The Kier molecular flexibility index (Phi) is 5.75. The van der Waals surface area contributed by atoms with Crippen LogP contribution in [0.25, 0.3) is 0 Å². The molecule has 7 nitrogen and oxygen atoms in total. The van der Waals surface area contributed by atoms with E-state index in [0.29, 0.717) is 6.42 Å². The first-order valence-corrected chi connectivity index (χ1v) is 10.0. The number of carbonyl (C=O) groups excluding carboxylic acids is 1. The molecule has 3 heterocycles. The number of hydrogen-bond acceptors (Lipinski definition) is 6. The Labute approximate surface area is 160 Å². The third-order valence-corrected chi connectivity index (χ3v) is 5.95. The van der Waals surface area contributed by atoms with Crippen molar-refractivity contribution in [1.29, 1.82) is 0 Å². The lowest BCUT2D eigenvalue weighted by Gasteiger charge is -2.25. The molecule has 3 aliphatic rings. The van der Waals surface area contributed by atoms with Gasteiger partial charge in [-0.3, -0.25) is 9.63 Å². The number of hydrazine groups is 1. The Morgan fingerprint density at radius 3 is 2.81 bits per heavy atom. The Morgan fingerprint density at radius 1 is 1.26 bits per heavy atom. The third-order valence-electron chi connectivity index (χ3n) is 5.95. The molecule has 3 aliphatic heterocycles. The van der Waals surface area contributed by atoms with Crippen molar-refractivity contribution in [2.45, 2.75) is 76.0 Å². The maximum Gasteiger partial charge on any atom is 0.239 e. The van der Waals surface area contributed by atoms with E-state index in [0.717, 1.165) is 26.0 Å². The Balaban J connectivity index is 1.31. The zero-order valence-electron chi connectivity index (χ0n) is 16.1. The highest BCUT2D eigenvalue weighted by Crippen LogP contribution is 2.25. The second kappa shape index (κ2) is 8.24. The number of nitrogens with zero attached hydrogens (tertiary/aromatic N) is 1. The molecule has 0 aliphatic carbocycles. The van der Waals surface area contributed by atoms with Gasteiger partial charge in [-0.15, -0.1) is 0 Å². The van der Waals surface area contributed by atoms with Crippen LogP contribution >= 0.6 is 0 Å². The van der Waals surface area contributed by atoms with Gasteiger partial charge in [-0.1, -0.05) is 30.3 Å². The van der Waals surface area contributed by atoms with Crippen LogP contribution < -0.4 is 16.2 Å². The average Bonchev–Trinajstić information content (AvgIpc) is 3.40. The smallest absolute Gasteiger partial charge is 0.239 e. The standard InChI is InChI=1S/C20H30N4O3/c1-13-19(14(2)24(22-13)12-15-7-4-3-5-8-15)21-20(25)16-11-18(27-23-16)17-9-6-10-26-17/h3-5,7-8,13-14,16-19,22-23H,6,9-12H2,1-2H3,(H,21,25). The highest BCUT2D eigenvalue weighted by atomic mass is 16.7. The number of rotatable bonds is 5. The van der Waals surface area contributed by atoms with Crippen LogP contribution in [0.2, 0.25) is 0 Å². The first kappa shape index (κ1) is 18.8. The minimum absolute atomic E-state index is 0.00237. The molecule has 3 saturated heterocycles. The molecule has 7 heteroatoms. The summed E-state index contributed by atoms with van der Waals surface area (Å²) >= 11 is 0. The maximum atomic E-state index is 12.8. The number of carbonyl (C=O) groups is 1. The molecule has 0 spiro atoms. The summed E-state index contributed by atoms with van der Waals surface area (Å²) in [5, 5.41) is 5.43. The predicted octanol–water partition coefficient (Wildman–Crippen LogP) is 1.11. The van der Waals surface area contributed by atoms with Gasteiger partial charge in [-0.05, 0) is 32.3 Å². The molecule has 4 rings (SSSR count). The molecule has 3 N–H and O–H groups in total. The van der Waals surface area contributed by atoms with Crippen LogP contribution in [0.4, 0.5) is 0 Å². The number of hydroxylamine groups is 1. The van der Waals surface area contributed by atoms with Crippen molar-refractivity contribution >= 4 is 5.91 Å². The molecule has 1 aromatic rings. The molecule has 0 aromatic heterocycles. The normalized spacial score (nSPS) is 37.0. The second-order valence-corrected chi connectivity index (χ2v) is 7.92. The molecule has 1 amide bonds. The van der Waals surface area contributed by atoms with Gasteiger partial charge in [0.05, 0.1) is 12.1 Å². The number of amides is 1. The number of hydrogen-bond donors (Lipinski definition) is 3. The highest BCUT2D eigenvalue weighted by Gasteiger charge is 2.41. The molecular formula is C20H30N4O3. The third kappa shape index (κ3) is 4.17. The van der Waals surface area contributed by atoms with Crippen LogP contribution in [0.15, 0.2) is 30.3 Å². The van der Waals surface area contributed by atoms with Gasteiger partial charge in [-0.2, -0.15) is 5.48 Å². The van der Waals surface area contributed by atoms with Crippen LogP contribution in [0.5, 0.6) is 0 Å². The first-order valence-electron chi connectivity index (χ1n) is 10.0. The molecule has 6 atom stereocenters. The summed E-state index contributed by atoms with van der Waals surface area (Å²) in [5.74, 6) is 0.00237. The Bertz CT molecular complexity index is 637. The zero-order chi connectivity index (χ0) is 18.8. The van der Waals surface area contributed by atoms with Gasteiger partial charge in [0.25, 0.3) is 0 Å². The van der Waals surface area contributed by atoms with Crippen LogP contribution in [-0.4, -0.2) is 53.9 Å². The van der Waals surface area contributed by atoms with Crippen molar-refractivity contribution in [2.24, 2.45) is 0 Å². The zero-order valence-corrected chi connectivity index (χ0v) is 16.1. The Morgan fingerprint density at radius 2 is 2.07 bits per heavy atom. The fraction of sp³-hybridized carbons (Fsp3) is 0.650. The van der Waals surface area contributed by atoms with Gasteiger partial charge < -0.3 is 10.1 Å². The summed E-state index contributed by atoms with van der Waals surface area (Å²) in [7, 11) is 0. The fourth-order valence-corrected chi connectivity index (χ4v) is 4.33. The monoisotopic (exact) mass is 374 g/mol. The van der Waals surface area contributed by atoms with E-state index in [1.165, 1.54) is 5.56 Å². The van der Waals surface area contributed by atoms with Crippen LogP contribution in [0.1, 0.15) is 38.7 Å². The van der Waals surface area contributed by atoms with E-state index in [-0.39, 0.29) is 42.3 Å². The average molecular weight is 374 g/mol. The fourth-order valence-electron chi connectivity index (χ4n) is 4.33. The van der Waals surface area contributed by atoms with E-state index in [2.05, 4.69) is 59.3 Å². The van der Waals surface area contributed by atoms with Crippen molar-refractivity contribution < 1.29 is 14.4 Å². The lowest BCUT2D eigenvalue weighted by molar-refractivity contribution is -0.125. The van der Waals surface area contributed by atoms with Crippen molar-refractivity contribution in [1.82, 2.24) is 21.2 Å². The quantitative estimate of drug-likeness (QED) is 0.717. The molecular weight excluding hydrogens is 344 g/mol. The molecule has 0 saturated carbocycles. The predicted molar refractivity (Wildman–Crippen MR) is 101 cm³/mol. The van der Waals surface area contributed by atoms with E-state index in [1.54, 1.807) is 0 Å². The molecule has 3 fully saturated rings. The second-order valence-electron chi connectivity index (χ2n) is 7.92. The summed E-state index contributed by atoms with van der Waals surface area (Å²) in [4.78, 5) is 18.4. The van der Waals surface area contributed by atoms with Gasteiger partial charge in [0.15, 0.2) is 0 Å². The van der Waals surface area contributed by atoms with Crippen molar-refractivity contribution in [3.05, 3.63) is 35.9 Å². The minimum atomic E-state index is -0.318. The number of ether oxygens (including phenoxy) is 1. The summed E-state index contributed by atoms with van der Waals surface area (Å²) in [6, 6.07) is 10.5. The molecule has 27 heavy (non-hydrogen) atoms. The lowest BCUT2D eigenvalue weighted by atomic mass is 10.0. The van der Waals surface area contributed by atoms with Gasteiger partial charge >= 0.3 is 0 Å². The highest BCUT2D eigenvalue weighted by molar-refractivity contribution is 5.82. The van der Waals surface area contributed by atoms with Crippen molar-refractivity contribution in [3.63, 3.8) is 0 Å². The van der Waals surface area contributed by atoms with Gasteiger partial charge in [0.2, 0.25) is 5.91 Å².